The van der Waals surface area contributed by atoms with Crippen molar-refractivity contribution in [1.82, 2.24) is 10.2 Å². The van der Waals surface area contributed by atoms with E-state index in [1.807, 2.05) is 6.92 Å². The summed E-state index contributed by atoms with van der Waals surface area (Å²) in [4.78, 5) is 13.4. The number of likely N-dealkylation sites (N-methyl/N-ethyl adjacent to an activating group) is 1. The summed E-state index contributed by atoms with van der Waals surface area (Å²) in [5.41, 5.74) is 0. The molecule has 2 N–H and O–H groups in total. The maximum atomic E-state index is 11.1. The number of nitrogens with one attached hydrogen (secondary N) is 1. The molecule has 106 valence electrons. The van der Waals surface area contributed by atoms with Crippen molar-refractivity contribution in [3.63, 3.8) is 0 Å². The van der Waals surface area contributed by atoms with Gasteiger partial charge in [-0.05, 0) is 50.7 Å². The van der Waals surface area contributed by atoms with Crippen molar-refractivity contribution in [2.24, 2.45) is 11.8 Å². The average Bonchev–Trinajstić information content (AvgIpc) is 2.54. The molecule has 4 heteroatoms. The highest BCUT2D eigenvalue weighted by Gasteiger charge is 2.23. The fourth-order valence-corrected chi connectivity index (χ4v) is 2.77. The average molecular weight is 256 g/mol. The first kappa shape index (κ1) is 15.4. The van der Waals surface area contributed by atoms with Crippen molar-refractivity contribution in [3.05, 3.63) is 0 Å². The molecule has 0 saturated carbocycles. The number of hydrogen-bond acceptors (Lipinski definition) is 3. The predicted octanol–water partition coefficient (Wildman–Crippen LogP) is 1.81. The molecule has 1 saturated heterocycles. The van der Waals surface area contributed by atoms with Gasteiger partial charge in [0.15, 0.2) is 0 Å². The molecule has 1 heterocycles. The molecule has 0 aliphatic carbocycles. The molecular formula is C14H28N2O2. The van der Waals surface area contributed by atoms with Gasteiger partial charge >= 0.3 is 5.97 Å². The number of carbonyl (C=O) groups is 1. The van der Waals surface area contributed by atoms with Crippen LogP contribution < -0.4 is 5.32 Å². The molecule has 0 bridgehead atoms. The Balaban J connectivity index is 2.44. The van der Waals surface area contributed by atoms with E-state index in [-0.39, 0.29) is 0 Å². The Morgan fingerprint density at radius 1 is 1.39 bits per heavy atom. The van der Waals surface area contributed by atoms with Crippen molar-refractivity contribution in [3.8, 4) is 0 Å². The van der Waals surface area contributed by atoms with Crippen LogP contribution in [0.15, 0.2) is 0 Å². The van der Waals surface area contributed by atoms with E-state index in [1.54, 1.807) is 0 Å². The summed E-state index contributed by atoms with van der Waals surface area (Å²) >= 11 is 0. The number of hydrogen-bond donors (Lipinski definition) is 2. The first-order valence-corrected chi connectivity index (χ1v) is 7.23. The predicted molar refractivity (Wildman–Crippen MR) is 73.7 cm³/mol. The van der Waals surface area contributed by atoms with Gasteiger partial charge in [-0.2, -0.15) is 0 Å². The monoisotopic (exact) mass is 256 g/mol. The third kappa shape index (κ3) is 4.94. The molecule has 1 aliphatic heterocycles. The van der Waals surface area contributed by atoms with Crippen LogP contribution in [0.3, 0.4) is 0 Å². The van der Waals surface area contributed by atoms with E-state index in [2.05, 4.69) is 24.1 Å². The van der Waals surface area contributed by atoms with Gasteiger partial charge in [0.2, 0.25) is 0 Å². The first-order valence-electron chi connectivity index (χ1n) is 7.23. The van der Waals surface area contributed by atoms with Crippen molar-refractivity contribution < 1.29 is 9.90 Å². The minimum Gasteiger partial charge on any atom is -0.480 e. The second-order valence-corrected chi connectivity index (χ2v) is 5.68. The highest BCUT2D eigenvalue weighted by atomic mass is 16.4. The Kier molecular flexibility index (Phi) is 6.65. The SMILES string of the molecule is CCNC(CN1CCCC(C(C)C)CC1)C(=O)O. The Labute approximate surface area is 111 Å². The Hall–Kier alpha value is -0.610. The summed E-state index contributed by atoms with van der Waals surface area (Å²) in [6.07, 6.45) is 3.69. The normalized spacial score (nSPS) is 23.9. The lowest BCUT2D eigenvalue weighted by Gasteiger charge is -2.24. The quantitative estimate of drug-likeness (QED) is 0.761. The molecule has 1 aliphatic rings. The third-order valence-corrected chi connectivity index (χ3v) is 4.00. The van der Waals surface area contributed by atoms with Gasteiger partial charge in [0.05, 0.1) is 0 Å². The van der Waals surface area contributed by atoms with Gasteiger partial charge in [0, 0.05) is 6.54 Å². The van der Waals surface area contributed by atoms with Crippen LogP contribution >= 0.6 is 0 Å². The maximum Gasteiger partial charge on any atom is 0.322 e. The number of rotatable bonds is 6. The zero-order chi connectivity index (χ0) is 13.5. The number of carboxylic acids is 1. The summed E-state index contributed by atoms with van der Waals surface area (Å²) in [5.74, 6) is 0.813. The van der Waals surface area contributed by atoms with E-state index in [0.717, 1.165) is 24.9 Å². The first-order chi connectivity index (χ1) is 8.54. The molecule has 0 spiro atoms. The fourth-order valence-electron chi connectivity index (χ4n) is 2.77. The van der Waals surface area contributed by atoms with Crippen LogP contribution in [0.25, 0.3) is 0 Å². The molecule has 4 nitrogen and oxygen atoms in total. The summed E-state index contributed by atoms with van der Waals surface area (Å²) in [5, 5.41) is 12.2. The zero-order valence-electron chi connectivity index (χ0n) is 12.0. The van der Waals surface area contributed by atoms with Gasteiger partial charge in [-0.1, -0.05) is 20.8 Å². The Morgan fingerprint density at radius 2 is 2.11 bits per heavy atom. The summed E-state index contributed by atoms with van der Waals surface area (Å²) in [6, 6.07) is -0.425. The second-order valence-electron chi connectivity index (χ2n) is 5.68. The molecule has 1 fully saturated rings. The smallest absolute Gasteiger partial charge is 0.322 e. The van der Waals surface area contributed by atoms with E-state index in [4.69, 9.17) is 5.11 Å². The zero-order valence-corrected chi connectivity index (χ0v) is 12.0. The molecule has 0 aromatic rings. The summed E-state index contributed by atoms with van der Waals surface area (Å²) < 4.78 is 0. The molecule has 2 unspecified atom stereocenters. The lowest BCUT2D eigenvalue weighted by molar-refractivity contribution is -0.140. The van der Waals surface area contributed by atoms with Gasteiger partial charge < -0.3 is 15.3 Å². The molecule has 1 rings (SSSR count). The number of nitrogens with zero attached hydrogens (tertiary/aromatic N) is 1. The highest BCUT2D eigenvalue weighted by molar-refractivity contribution is 5.73. The van der Waals surface area contributed by atoms with Gasteiger partial charge in [-0.15, -0.1) is 0 Å². The summed E-state index contributed by atoms with van der Waals surface area (Å²) in [7, 11) is 0. The number of aliphatic carboxylic acids is 1. The third-order valence-electron chi connectivity index (χ3n) is 4.00. The minimum absolute atomic E-state index is 0.425. The van der Waals surface area contributed by atoms with Gasteiger partial charge in [-0.3, -0.25) is 4.79 Å². The topological polar surface area (TPSA) is 52.6 Å². The van der Waals surface area contributed by atoms with E-state index in [9.17, 15) is 4.79 Å². The largest absolute Gasteiger partial charge is 0.480 e. The number of likely N-dealkylation sites (tertiary alicyclic amines) is 1. The molecule has 2 atom stereocenters. The van der Waals surface area contributed by atoms with Gasteiger partial charge in [-0.25, -0.2) is 0 Å². The lowest BCUT2D eigenvalue weighted by atomic mass is 9.89. The molecule has 0 aromatic heterocycles. The van der Waals surface area contributed by atoms with E-state index in [1.165, 1.54) is 19.3 Å². The van der Waals surface area contributed by atoms with Gasteiger partial charge in [0.1, 0.15) is 6.04 Å². The lowest BCUT2D eigenvalue weighted by Crippen LogP contribution is -2.46. The number of carboxylic acid groups (broad SMARTS) is 1. The minimum atomic E-state index is -0.735. The van der Waals surface area contributed by atoms with Crippen molar-refractivity contribution in [2.75, 3.05) is 26.2 Å². The van der Waals surface area contributed by atoms with Crippen molar-refractivity contribution in [1.29, 1.82) is 0 Å². The Morgan fingerprint density at radius 3 is 2.67 bits per heavy atom. The van der Waals surface area contributed by atoms with Crippen LogP contribution in [0.5, 0.6) is 0 Å². The van der Waals surface area contributed by atoms with Crippen LogP contribution in [0.2, 0.25) is 0 Å². The Bertz CT molecular complexity index is 256. The fraction of sp³-hybridized carbons (Fsp3) is 0.929. The van der Waals surface area contributed by atoms with Gasteiger partial charge in [0.25, 0.3) is 0 Å². The van der Waals surface area contributed by atoms with Crippen molar-refractivity contribution in [2.45, 2.75) is 46.1 Å². The highest BCUT2D eigenvalue weighted by Crippen LogP contribution is 2.24. The van der Waals surface area contributed by atoms with E-state index in [0.29, 0.717) is 13.1 Å². The van der Waals surface area contributed by atoms with Crippen LogP contribution in [0.4, 0.5) is 0 Å². The standard InChI is InChI=1S/C14H28N2O2/c1-4-15-13(14(17)18)10-16-8-5-6-12(7-9-16)11(2)3/h11-13,15H,4-10H2,1-3H3,(H,17,18). The van der Waals surface area contributed by atoms with Crippen LogP contribution in [0.1, 0.15) is 40.0 Å². The second kappa shape index (κ2) is 7.74. The molecule has 0 amide bonds. The van der Waals surface area contributed by atoms with E-state index >= 15 is 0 Å². The molecule has 0 radical (unpaired) electrons. The molecule has 0 aromatic carbocycles. The summed E-state index contributed by atoms with van der Waals surface area (Å²) in [6.45, 7) is 9.95. The van der Waals surface area contributed by atoms with Crippen LogP contribution in [-0.4, -0.2) is 48.2 Å². The molecular weight excluding hydrogens is 228 g/mol. The van der Waals surface area contributed by atoms with Crippen molar-refractivity contribution >= 4 is 5.97 Å². The van der Waals surface area contributed by atoms with Crippen LogP contribution in [0, 0.1) is 11.8 Å². The van der Waals surface area contributed by atoms with E-state index < -0.39 is 12.0 Å². The maximum absolute atomic E-state index is 11.1. The van der Waals surface area contributed by atoms with Crippen LogP contribution in [-0.2, 0) is 4.79 Å². The molecule has 18 heavy (non-hydrogen) atoms.